The predicted octanol–water partition coefficient (Wildman–Crippen LogP) is 4.70. The maximum atomic E-state index is 11.5. The molecule has 0 bridgehead atoms. The van der Waals surface area contributed by atoms with Gasteiger partial charge in [-0.05, 0) is 51.5 Å². The van der Waals surface area contributed by atoms with Crippen molar-refractivity contribution in [3.8, 4) is 17.1 Å². The summed E-state index contributed by atoms with van der Waals surface area (Å²) in [6.45, 7) is 10.4. The molecule has 0 radical (unpaired) electrons. The van der Waals surface area contributed by atoms with E-state index in [2.05, 4.69) is 53.1 Å². The van der Waals surface area contributed by atoms with Gasteiger partial charge in [-0.15, -0.1) is 5.10 Å². The van der Waals surface area contributed by atoms with Crippen LogP contribution in [0.15, 0.2) is 24.3 Å². The summed E-state index contributed by atoms with van der Waals surface area (Å²) in [6, 6.07) is 8.26. The van der Waals surface area contributed by atoms with Crippen molar-refractivity contribution in [3.63, 3.8) is 0 Å². The summed E-state index contributed by atoms with van der Waals surface area (Å²) in [6.07, 6.45) is 4.06. The fourth-order valence-corrected chi connectivity index (χ4v) is 4.68. The Hall–Kier alpha value is -3.20. The zero-order chi connectivity index (χ0) is 25.1. The first kappa shape index (κ1) is 24.9. The summed E-state index contributed by atoms with van der Waals surface area (Å²) in [5.74, 6) is 1.86. The number of nitrogens with zero attached hydrogens (tertiary/aromatic N) is 4. The molecule has 1 aromatic carbocycles. The Morgan fingerprint density at radius 3 is 2.51 bits per heavy atom. The van der Waals surface area contributed by atoms with E-state index in [-0.39, 0.29) is 24.0 Å². The van der Waals surface area contributed by atoms with Crippen LogP contribution in [0.5, 0.6) is 5.75 Å². The summed E-state index contributed by atoms with van der Waals surface area (Å²) in [7, 11) is 0. The van der Waals surface area contributed by atoms with Gasteiger partial charge in [-0.2, -0.15) is 10.1 Å². The fourth-order valence-electron chi connectivity index (χ4n) is 4.68. The molecule has 2 aliphatic heterocycles. The molecule has 2 heterocycles. The summed E-state index contributed by atoms with van der Waals surface area (Å²) >= 11 is 0. The summed E-state index contributed by atoms with van der Waals surface area (Å²) < 4.78 is 7.61. The molecule has 0 spiro atoms. The molecule has 0 aromatic heterocycles. The molecular formula is C26H37N7O2. The minimum atomic E-state index is -0.349. The van der Waals surface area contributed by atoms with Crippen LogP contribution in [0.4, 0.5) is 11.8 Å². The molecule has 9 heteroatoms. The molecule has 4 rings (SSSR count). The lowest BCUT2D eigenvalue weighted by molar-refractivity contribution is -0.131. The molecule has 9 nitrogen and oxygen atoms in total. The van der Waals surface area contributed by atoms with Gasteiger partial charge in [-0.25, -0.2) is 0 Å². The largest absolute Gasteiger partial charge is 0.426 e. The number of fused-ring (bicyclic) bond motifs is 1. The number of para-hydroxylation sites is 1. The van der Waals surface area contributed by atoms with Crippen LogP contribution < -0.4 is 21.1 Å². The fraction of sp³-hybridized carbons (Fsp3) is 0.538. The van der Waals surface area contributed by atoms with Gasteiger partial charge in [-0.1, -0.05) is 32.0 Å². The molecular weight excluding hydrogens is 442 g/mol. The van der Waals surface area contributed by atoms with Gasteiger partial charge in [0.25, 0.3) is 0 Å². The van der Waals surface area contributed by atoms with Gasteiger partial charge in [0.2, 0.25) is 5.95 Å². The van der Waals surface area contributed by atoms with Crippen molar-refractivity contribution in [2.24, 2.45) is 5.73 Å². The standard InChI is InChI=1S/C26H37N7O2/c1-15(2)22-24-23(32-31-22)25(28-14-18-8-6-7-9-21(18)35-17(5)34)30-26(33(24)16(3)4)29-20-12-10-19(27)11-13-20/h6-9,15-16,19-20,28H,10-14,27H2,1-5H3,(H,29,30). The predicted molar refractivity (Wildman–Crippen MR) is 138 cm³/mol. The minimum Gasteiger partial charge on any atom is -0.426 e. The molecule has 1 fully saturated rings. The van der Waals surface area contributed by atoms with E-state index in [4.69, 9.17) is 15.5 Å². The Bertz CT molecular complexity index is 1130. The van der Waals surface area contributed by atoms with E-state index in [0.717, 1.165) is 54.3 Å². The molecule has 188 valence electrons. The maximum Gasteiger partial charge on any atom is 0.308 e. The molecule has 4 N–H and O–H groups in total. The first-order chi connectivity index (χ1) is 16.7. The highest BCUT2D eigenvalue weighted by Gasteiger charge is 2.29. The van der Waals surface area contributed by atoms with Crippen LogP contribution in [-0.2, 0) is 11.3 Å². The van der Waals surface area contributed by atoms with E-state index in [1.165, 1.54) is 6.92 Å². The van der Waals surface area contributed by atoms with Crippen molar-refractivity contribution >= 4 is 17.7 Å². The molecule has 0 atom stereocenters. The Labute approximate surface area is 207 Å². The normalized spacial score (nSPS) is 18.3. The molecule has 1 aromatic rings. The monoisotopic (exact) mass is 479 g/mol. The molecule has 35 heavy (non-hydrogen) atoms. The molecule has 0 amide bonds. The SMILES string of the molecule is CC(=O)Oc1ccccc1CNc1nc(NC2CCC(N)CC2)n(C(C)C)c2c(C(C)C)nnc1-2. The van der Waals surface area contributed by atoms with Gasteiger partial charge in [0.1, 0.15) is 5.75 Å². The van der Waals surface area contributed by atoms with Gasteiger partial charge in [0.15, 0.2) is 11.5 Å². The third-order valence-corrected chi connectivity index (χ3v) is 6.48. The van der Waals surface area contributed by atoms with Crippen LogP contribution in [0.2, 0.25) is 0 Å². The molecule has 1 saturated carbocycles. The lowest BCUT2D eigenvalue weighted by Crippen LogP contribution is -2.34. The number of rotatable bonds is 8. The van der Waals surface area contributed by atoms with Gasteiger partial charge >= 0.3 is 5.97 Å². The second-order valence-electron chi connectivity index (χ2n) is 10.00. The second kappa shape index (κ2) is 10.6. The van der Waals surface area contributed by atoms with Gasteiger partial charge in [-0.3, -0.25) is 4.79 Å². The van der Waals surface area contributed by atoms with Crippen LogP contribution in [0.3, 0.4) is 0 Å². The molecule has 3 aliphatic rings. The van der Waals surface area contributed by atoms with Crippen molar-refractivity contribution in [2.75, 3.05) is 10.6 Å². The van der Waals surface area contributed by atoms with E-state index >= 15 is 0 Å². The van der Waals surface area contributed by atoms with Crippen molar-refractivity contribution in [1.82, 2.24) is 19.7 Å². The van der Waals surface area contributed by atoms with E-state index in [9.17, 15) is 4.79 Å². The minimum absolute atomic E-state index is 0.167. The summed E-state index contributed by atoms with van der Waals surface area (Å²) in [4.78, 5) is 16.6. The van der Waals surface area contributed by atoms with Crippen molar-refractivity contribution in [1.29, 1.82) is 0 Å². The number of esters is 1. The number of nitrogens with one attached hydrogen (secondary N) is 2. The third-order valence-electron chi connectivity index (χ3n) is 6.48. The average Bonchev–Trinajstić information content (AvgIpc) is 3.24. The van der Waals surface area contributed by atoms with Crippen LogP contribution in [0.1, 0.15) is 83.5 Å². The second-order valence-corrected chi connectivity index (χ2v) is 10.00. The van der Waals surface area contributed by atoms with Crippen molar-refractivity contribution in [2.45, 2.75) is 90.9 Å². The van der Waals surface area contributed by atoms with E-state index in [0.29, 0.717) is 24.2 Å². The summed E-state index contributed by atoms with van der Waals surface area (Å²) in [5, 5.41) is 16.2. The number of hydrogen-bond acceptors (Lipinski definition) is 8. The number of carbonyl (C=O) groups excluding carboxylic acids is 1. The highest BCUT2D eigenvalue weighted by Crippen LogP contribution is 2.38. The Morgan fingerprint density at radius 2 is 1.86 bits per heavy atom. The number of carbonyl (C=O) groups is 1. The number of ether oxygens (including phenoxy) is 1. The zero-order valence-electron chi connectivity index (χ0n) is 21.3. The van der Waals surface area contributed by atoms with Crippen LogP contribution in [-0.4, -0.2) is 37.8 Å². The van der Waals surface area contributed by atoms with Gasteiger partial charge < -0.3 is 25.7 Å². The van der Waals surface area contributed by atoms with Crippen molar-refractivity contribution in [3.05, 3.63) is 35.5 Å². The molecule has 0 saturated heterocycles. The topological polar surface area (TPSA) is 120 Å². The maximum absolute atomic E-state index is 11.5. The first-order valence-corrected chi connectivity index (χ1v) is 12.5. The Morgan fingerprint density at radius 1 is 1.14 bits per heavy atom. The molecule has 0 unspecified atom stereocenters. The number of hydrogen-bond donors (Lipinski definition) is 3. The van der Waals surface area contributed by atoms with E-state index in [1.807, 2.05) is 18.2 Å². The van der Waals surface area contributed by atoms with Gasteiger partial charge in [0, 0.05) is 37.2 Å². The van der Waals surface area contributed by atoms with Crippen LogP contribution >= 0.6 is 0 Å². The third kappa shape index (κ3) is 5.56. The number of aromatic nitrogens is 4. The van der Waals surface area contributed by atoms with Crippen LogP contribution in [0, 0.1) is 0 Å². The summed E-state index contributed by atoms with van der Waals surface area (Å²) in [5.41, 5.74) is 9.68. The lowest BCUT2D eigenvalue weighted by atomic mass is 9.92. The average molecular weight is 480 g/mol. The number of nitrogens with two attached hydrogens (primary N) is 1. The Balaban J connectivity index is 1.72. The highest BCUT2D eigenvalue weighted by molar-refractivity contribution is 5.75. The lowest BCUT2D eigenvalue weighted by Gasteiger charge is -2.30. The van der Waals surface area contributed by atoms with Crippen LogP contribution in [0.25, 0.3) is 11.4 Å². The first-order valence-electron chi connectivity index (χ1n) is 12.5. The smallest absolute Gasteiger partial charge is 0.308 e. The molecule has 1 aliphatic carbocycles. The quantitative estimate of drug-likeness (QED) is 0.314. The number of benzene rings is 1. The Kier molecular flexibility index (Phi) is 7.54. The van der Waals surface area contributed by atoms with Gasteiger partial charge in [0.05, 0.1) is 11.4 Å². The highest BCUT2D eigenvalue weighted by atomic mass is 16.5. The van der Waals surface area contributed by atoms with E-state index in [1.54, 1.807) is 6.07 Å². The van der Waals surface area contributed by atoms with E-state index < -0.39 is 0 Å². The van der Waals surface area contributed by atoms with Crippen molar-refractivity contribution < 1.29 is 9.53 Å². The number of anilines is 2. The zero-order valence-corrected chi connectivity index (χ0v) is 21.3.